The molecule has 0 aromatic carbocycles. The first kappa shape index (κ1) is 8.35. The Bertz CT molecular complexity index is 356. The van der Waals surface area contributed by atoms with Gasteiger partial charge in [-0.05, 0) is 12.5 Å². The van der Waals surface area contributed by atoms with E-state index in [0.717, 1.165) is 17.7 Å². The van der Waals surface area contributed by atoms with Crippen molar-refractivity contribution in [3.63, 3.8) is 0 Å². The lowest BCUT2D eigenvalue weighted by molar-refractivity contribution is 0.739. The zero-order valence-electron chi connectivity index (χ0n) is 7.76. The second-order valence-corrected chi connectivity index (χ2v) is 5.11. The van der Waals surface area contributed by atoms with Crippen LogP contribution in [0.5, 0.6) is 0 Å². The van der Waals surface area contributed by atoms with Crippen LogP contribution in [0.15, 0.2) is 12.3 Å². The first-order chi connectivity index (χ1) is 6.83. The summed E-state index contributed by atoms with van der Waals surface area (Å²) in [5.74, 6) is 2.58. The summed E-state index contributed by atoms with van der Waals surface area (Å²) in [6, 6.07) is 2.36. The topological polar surface area (TPSA) is 55.0 Å². The number of nitrogens with zero attached hydrogens (tertiary/aromatic N) is 3. The normalized spacial score (nSPS) is 29.9. The molecule has 3 heterocycles. The standard InChI is InChI=1S/C9H12N4S/c10-8-1-2-11-9(12-8)13-4-7-3-6(13)5-14-7/h1-2,6-7H,3-5H2,(H2,10,11,12). The van der Waals surface area contributed by atoms with E-state index in [-0.39, 0.29) is 0 Å². The van der Waals surface area contributed by atoms with Gasteiger partial charge in [0.15, 0.2) is 0 Å². The van der Waals surface area contributed by atoms with Crippen molar-refractivity contribution in [2.75, 3.05) is 22.9 Å². The number of hydrogen-bond donors (Lipinski definition) is 1. The molecule has 1 aromatic heterocycles. The average Bonchev–Trinajstić information content (AvgIpc) is 2.78. The minimum atomic E-state index is 0.561. The van der Waals surface area contributed by atoms with Crippen LogP contribution in [-0.4, -0.2) is 33.6 Å². The maximum atomic E-state index is 5.64. The maximum Gasteiger partial charge on any atom is 0.227 e. The molecule has 3 rings (SSSR count). The molecule has 2 aliphatic rings. The Balaban J connectivity index is 1.89. The third-order valence-electron chi connectivity index (χ3n) is 2.82. The Hall–Kier alpha value is -0.970. The quantitative estimate of drug-likeness (QED) is 0.738. The molecule has 5 heteroatoms. The van der Waals surface area contributed by atoms with Crippen LogP contribution in [0.1, 0.15) is 6.42 Å². The second-order valence-electron chi connectivity index (χ2n) is 3.78. The molecule has 2 saturated heterocycles. The van der Waals surface area contributed by atoms with E-state index in [2.05, 4.69) is 26.6 Å². The predicted octanol–water partition coefficient (Wildman–Crippen LogP) is 0.753. The van der Waals surface area contributed by atoms with Crippen molar-refractivity contribution >= 4 is 23.5 Å². The summed E-state index contributed by atoms with van der Waals surface area (Å²) < 4.78 is 0. The van der Waals surface area contributed by atoms with Crippen LogP contribution < -0.4 is 10.6 Å². The summed E-state index contributed by atoms with van der Waals surface area (Å²) in [6.07, 6.45) is 3.01. The minimum absolute atomic E-state index is 0.561. The number of aromatic nitrogens is 2. The number of rotatable bonds is 1. The van der Waals surface area contributed by atoms with Crippen LogP contribution in [-0.2, 0) is 0 Å². The Morgan fingerprint density at radius 1 is 1.57 bits per heavy atom. The number of nitrogen functional groups attached to an aromatic ring is 1. The highest BCUT2D eigenvalue weighted by atomic mass is 32.2. The summed E-state index contributed by atoms with van der Waals surface area (Å²) in [5, 5.41) is 0.782. The van der Waals surface area contributed by atoms with Gasteiger partial charge in [-0.25, -0.2) is 4.98 Å². The first-order valence-corrected chi connectivity index (χ1v) is 5.84. The molecule has 2 bridgehead atoms. The van der Waals surface area contributed by atoms with E-state index in [1.165, 1.54) is 12.2 Å². The second kappa shape index (κ2) is 3.02. The molecule has 4 nitrogen and oxygen atoms in total. The van der Waals surface area contributed by atoms with Gasteiger partial charge in [-0.2, -0.15) is 16.7 Å². The first-order valence-electron chi connectivity index (χ1n) is 4.80. The molecule has 0 saturated carbocycles. The molecular weight excluding hydrogens is 196 g/mol. The SMILES string of the molecule is Nc1ccnc(N2CC3CC2CS3)n1. The number of anilines is 2. The molecule has 2 atom stereocenters. The summed E-state index contributed by atoms with van der Waals surface area (Å²) in [4.78, 5) is 10.8. The fourth-order valence-electron chi connectivity index (χ4n) is 2.14. The van der Waals surface area contributed by atoms with E-state index in [0.29, 0.717) is 11.9 Å². The van der Waals surface area contributed by atoms with Crippen molar-refractivity contribution in [2.24, 2.45) is 0 Å². The highest BCUT2D eigenvalue weighted by molar-refractivity contribution is 8.00. The van der Waals surface area contributed by atoms with Crippen molar-refractivity contribution in [1.29, 1.82) is 0 Å². The van der Waals surface area contributed by atoms with Crippen molar-refractivity contribution < 1.29 is 0 Å². The predicted molar refractivity (Wildman–Crippen MR) is 58.4 cm³/mol. The molecule has 2 aliphatic heterocycles. The Kier molecular flexibility index (Phi) is 1.80. The van der Waals surface area contributed by atoms with Crippen molar-refractivity contribution in [3.8, 4) is 0 Å². The highest BCUT2D eigenvalue weighted by Crippen LogP contribution is 2.38. The smallest absolute Gasteiger partial charge is 0.227 e. The molecule has 2 N–H and O–H groups in total. The van der Waals surface area contributed by atoms with Crippen LogP contribution in [0.3, 0.4) is 0 Å². The molecule has 14 heavy (non-hydrogen) atoms. The molecule has 1 aromatic rings. The van der Waals surface area contributed by atoms with Gasteiger partial charge in [0, 0.05) is 29.8 Å². The third kappa shape index (κ3) is 1.23. The number of hydrogen-bond acceptors (Lipinski definition) is 5. The van der Waals surface area contributed by atoms with Gasteiger partial charge in [-0.3, -0.25) is 0 Å². The molecule has 0 aliphatic carbocycles. The number of thioether (sulfide) groups is 1. The summed E-state index contributed by atoms with van der Waals surface area (Å²) in [6.45, 7) is 1.08. The highest BCUT2D eigenvalue weighted by Gasteiger charge is 2.39. The van der Waals surface area contributed by atoms with Gasteiger partial charge < -0.3 is 10.6 Å². The molecule has 0 amide bonds. The Morgan fingerprint density at radius 2 is 2.50 bits per heavy atom. The van der Waals surface area contributed by atoms with Gasteiger partial charge in [0.25, 0.3) is 0 Å². The van der Waals surface area contributed by atoms with Gasteiger partial charge in [0.2, 0.25) is 5.95 Å². The molecule has 2 fully saturated rings. The molecule has 74 valence electrons. The van der Waals surface area contributed by atoms with Gasteiger partial charge in [0.05, 0.1) is 0 Å². The van der Waals surface area contributed by atoms with E-state index in [4.69, 9.17) is 5.73 Å². The van der Waals surface area contributed by atoms with Crippen LogP contribution in [0.2, 0.25) is 0 Å². The number of nitrogens with two attached hydrogens (primary N) is 1. The Labute approximate surface area is 86.9 Å². The summed E-state index contributed by atoms with van der Waals surface area (Å²) in [7, 11) is 0. The Morgan fingerprint density at radius 3 is 3.14 bits per heavy atom. The third-order valence-corrected chi connectivity index (χ3v) is 4.21. The minimum Gasteiger partial charge on any atom is -0.384 e. The zero-order valence-corrected chi connectivity index (χ0v) is 8.57. The zero-order chi connectivity index (χ0) is 9.54. The van der Waals surface area contributed by atoms with Crippen LogP contribution in [0.4, 0.5) is 11.8 Å². The molecular formula is C9H12N4S. The average molecular weight is 208 g/mol. The molecule has 0 spiro atoms. The summed E-state index contributed by atoms with van der Waals surface area (Å²) in [5.41, 5.74) is 5.64. The molecule has 0 radical (unpaired) electrons. The summed E-state index contributed by atoms with van der Waals surface area (Å²) >= 11 is 2.07. The molecule has 2 unspecified atom stereocenters. The fourth-order valence-corrected chi connectivity index (χ4v) is 3.58. The van der Waals surface area contributed by atoms with Gasteiger partial charge in [0.1, 0.15) is 5.82 Å². The van der Waals surface area contributed by atoms with E-state index in [1.54, 1.807) is 12.3 Å². The maximum absolute atomic E-state index is 5.64. The largest absolute Gasteiger partial charge is 0.384 e. The van der Waals surface area contributed by atoms with Crippen molar-refractivity contribution in [3.05, 3.63) is 12.3 Å². The van der Waals surface area contributed by atoms with E-state index < -0.39 is 0 Å². The van der Waals surface area contributed by atoms with Crippen molar-refractivity contribution in [1.82, 2.24) is 9.97 Å². The monoisotopic (exact) mass is 208 g/mol. The van der Waals surface area contributed by atoms with Crippen LogP contribution in [0, 0.1) is 0 Å². The van der Waals surface area contributed by atoms with E-state index in [9.17, 15) is 0 Å². The van der Waals surface area contributed by atoms with E-state index >= 15 is 0 Å². The van der Waals surface area contributed by atoms with E-state index in [1.807, 2.05) is 0 Å². The van der Waals surface area contributed by atoms with Gasteiger partial charge in [-0.15, -0.1) is 0 Å². The lowest BCUT2D eigenvalue weighted by atomic mass is 10.2. The van der Waals surface area contributed by atoms with Crippen molar-refractivity contribution in [2.45, 2.75) is 17.7 Å². The lowest BCUT2D eigenvalue weighted by Crippen LogP contribution is -2.35. The number of fused-ring (bicyclic) bond motifs is 2. The van der Waals surface area contributed by atoms with Gasteiger partial charge >= 0.3 is 0 Å². The van der Waals surface area contributed by atoms with Crippen LogP contribution >= 0.6 is 11.8 Å². The fraction of sp³-hybridized carbons (Fsp3) is 0.556. The van der Waals surface area contributed by atoms with Gasteiger partial charge in [-0.1, -0.05) is 0 Å². The lowest BCUT2D eigenvalue weighted by Gasteiger charge is -2.26. The van der Waals surface area contributed by atoms with Crippen LogP contribution in [0.25, 0.3) is 0 Å².